The van der Waals surface area contributed by atoms with E-state index in [4.69, 9.17) is 5.11 Å². The molecule has 0 amide bonds. The van der Waals surface area contributed by atoms with E-state index in [9.17, 15) is 4.79 Å². The third kappa shape index (κ3) is 1.77. The smallest absolute Gasteiger partial charge is 0.303 e. The van der Waals surface area contributed by atoms with Crippen LogP contribution in [0.5, 0.6) is 0 Å². The van der Waals surface area contributed by atoms with E-state index in [1.165, 1.54) is 6.33 Å². The Hall–Kier alpha value is -2.18. The van der Waals surface area contributed by atoms with Gasteiger partial charge in [-0.2, -0.15) is 14.6 Å². The van der Waals surface area contributed by atoms with Gasteiger partial charge < -0.3 is 10.0 Å². The van der Waals surface area contributed by atoms with Gasteiger partial charge >= 0.3 is 5.97 Å². The molecule has 18 heavy (non-hydrogen) atoms. The summed E-state index contributed by atoms with van der Waals surface area (Å²) in [7, 11) is 0. The van der Waals surface area contributed by atoms with E-state index in [1.807, 2.05) is 13.0 Å². The highest BCUT2D eigenvalue weighted by Gasteiger charge is 2.30. The number of carboxylic acids is 1. The molecule has 1 saturated heterocycles. The van der Waals surface area contributed by atoms with Crippen LogP contribution in [0.1, 0.15) is 12.1 Å². The maximum absolute atomic E-state index is 10.6. The van der Waals surface area contributed by atoms with Crippen LogP contribution < -0.4 is 4.90 Å². The van der Waals surface area contributed by atoms with E-state index < -0.39 is 5.97 Å². The third-order valence-corrected chi connectivity index (χ3v) is 3.11. The molecule has 94 valence electrons. The lowest BCUT2D eigenvalue weighted by Crippen LogP contribution is -2.48. The van der Waals surface area contributed by atoms with Gasteiger partial charge in [0, 0.05) is 30.8 Å². The molecule has 7 nitrogen and oxygen atoms in total. The summed E-state index contributed by atoms with van der Waals surface area (Å²) in [5, 5.41) is 12.9. The molecule has 1 fully saturated rings. The first-order valence-corrected chi connectivity index (χ1v) is 5.77. The number of rotatable bonds is 3. The molecule has 2 aromatic heterocycles. The minimum absolute atomic E-state index is 0.217. The monoisotopic (exact) mass is 247 g/mol. The molecule has 0 saturated carbocycles. The number of hydrogen-bond acceptors (Lipinski definition) is 5. The maximum Gasteiger partial charge on any atom is 0.303 e. The first-order valence-electron chi connectivity index (χ1n) is 5.77. The second kappa shape index (κ2) is 3.94. The molecule has 3 heterocycles. The van der Waals surface area contributed by atoms with Crippen molar-refractivity contribution in [1.29, 1.82) is 0 Å². The molecule has 2 aromatic rings. The van der Waals surface area contributed by atoms with Crippen molar-refractivity contribution in [3.05, 3.63) is 18.1 Å². The van der Waals surface area contributed by atoms with Gasteiger partial charge in [0.05, 0.1) is 6.42 Å². The summed E-state index contributed by atoms with van der Waals surface area (Å²) in [5.74, 6) is 0.981. The maximum atomic E-state index is 10.6. The first-order chi connectivity index (χ1) is 8.63. The zero-order chi connectivity index (χ0) is 12.7. The summed E-state index contributed by atoms with van der Waals surface area (Å²) in [6.07, 6.45) is 1.70. The molecule has 0 bridgehead atoms. The third-order valence-electron chi connectivity index (χ3n) is 3.11. The molecule has 7 heteroatoms. The normalized spacial score (nSPS) is 15.9. The molecular formula is C11H13N5O2. The zero-order valence-electron chi connectivity index (χ0n) is 9.94. The molecule has 0 radical (unpaired) electrons. The topological polar surface area (TPSA) is 83.6 Å². The number of aliphatic carboxylic acids is 1. The van der Waals surface area contributed by atoms with Gasteiger partial charge in [0.15, 0.2) is 0 Å². The van der Waals surface area contributed by atoms with Crippen molar-refractivity contribution in [2.45, 2.75) is 13.3 Å². The lowest BCUT2D eigenvalue weighted by atomic mass is 9.96. The highest BCUT2D eigenvalue weighted by molar-refractivity contribution is 5.67. The highest BCUT2D eigenvalue weighted by Crippen LogP contribution is 2.26. The van der Waals surface area contributed by atoms with E-state index in [1.54, 1.807) is 4.52 Å². The molecule has 0 spiro atoms. The lowest BCUT2D eigenvalue weighted by Gasteiger charge is -2.40. The van der Waals surface area contributed by atoms with Crippen LogP contribution in [0.4, 0.5) is 5.82 Å². The van der Waals surface area contributed by atoms with E-state index in [0.29, 0.717) is 5.78 Å². The molecule has 0 aromatic carbocycles. The average Bonchev–Trinajstić information content (AvgIpc) is 2.69. The van der Waals surface area contributed by atoms with Crippen LogP contribution in [-0.4, -0.2) is 43.7 Å². The first kappa shape index (κ1) is 10.9. The van der Waals surface area contributed by atoms with Crippen molar-refractivity contribution in [1.82, 2.24) is 19.6 Å². The van der Waals surface area contributed by atoms with Crippen LogP contribution in [-0.2, 0) is 4.79 Å². The lowest BCUT2D eigenvalue weighted by molar-refractivity contribution is -0.138. The Labute approximate surface area is 103 Å². The molecule has 1 aliphatic rings. The Morgan fingerprint density at radius 2 is 2.33 bits per heavy atom. The molecular weight excluding hydrogens is 234 g/mol. The fourth-order valence-electron chi connectivity index (χ4n) is 2.27. The van der Waals surface area contributed by atoms with Crippen LogP contribution in [0.3, 0.4) is 0 Å². The van der Waals surface area contributed by atoms with Gasteiger partial charge in [-0.15, -0.1) is 0 Å². The molecule has 0 unspecified atom stereocenters. The summed E-state index contributed by atoms with van der Waals surface area (Å²) in [6, 6.07) is 1.94. The molecule has 0 atom stereocenters. The number of nitrogens with zero attached hydrogens (tertiary/aromatic N) is 5. The second-order valence-corrected chi connectivity index (χ2v) is 4.60. The Morgan fingerprint density at radius 3 is 3.06 bits per heavy atom. The van der Waals surface area contributed by atoms with Crippen LogP contribution in [0, 0.1) is 12.8 Å². The zero-order valence-corrected chi connectivity index (χ0v) is 9.94. The van der Waals surface area contributed by atoms with Gasteiger partial charge in [-0.25, -0.2) is 4.98 Å². The molecule has 1 N–H and O–H groups in total. The number of aromatic nitrogens is 4. The fraction of sp³-hybridized carbons (Fsp3) is 0.455. The van der Waals surface area contributed by atoms with Gasteiger partial charge in [0.2, 0.25) is 0 Å². The minimum atomic E-state index is -0.739. The number of anilines is 1. The van der Waals surface area contributed by atoms with Gasteiger partial charge in [0.1, 0.15) is 12.1 Å². The van der Waals surface area contributed by atoms with Gasteiger partial charge in [-0.1, -0.05) is 0 Å². The van der Waals surface area contributed by atoms with Crippen LogP contribution in [0.2, 0.25) is 0 Å². The standard InChI is InChI=1S/C11H13N5O2/c1-7-2-9(16-11(14-7)12-6-13-16)15-4-8(5-15)3-10(17)18/h2,6,8H,3-5H2,1H3,(H,17,18). The predicted molar refractivity (Wildman–Crippen MR) is 63.5 cm³/mol. The fourth-order valence-corrected chi connectivity index (χ4v) is 2.27. The summed E-state index contributed by atoms with van der Waals surface area (Å²) >= 11 is 0. The van der Waals surface area contributed by atoms with E-state index in [2.05, 4.69) is 20.0 Å². The molecule has 0 aliphatic carbocycles. The highest BCUT2D eigenvalue weighted by atomic mass is 16.4. The Bertz CT molecular complexity index is 602. The summed E-state index contributed by atoms with van der Waals surface area (Å²) in [5.41, 5.74) is 0.882. The number of carbonyl (C=O) groups is 1. The van der Waals surface area contributed by atoms with Crippen LogP contribution in [0.15, 0.2) is 12.4 Å². The second-order valence-electron chi connectivity index (χ2n) is 4.60. The van der Waals surface area contributed by atoms with Gasteiger partial charge in [-0.05, 0) is 6.92 Å². The Kier molecular flexibility index (Phi) is 2.39. The van der Waals surface area contributed by atoms with Crippen molar-refractivity contribution in [2.75, 3.05) is 18.0 Å². The van der Waals surface area contributed by atoms with Crippen molar-refractivity contribution in [3.8, 4) is 0 Å². The van der Waals surface area contributed by atoms with Crippen molar-refractivity contribution < 1.29 is 9.90 Å². The summed E-state index contributed by atoms with van der Waals surface area (Å²) in [6.45, 7) is 3.39. The summed E-state index contributed by atoms with van der Waals surface area (Å²) < 4.78 is 1.68. The van der Waals surface area contributed by atoms with Crippen molar-refractivity contribution in [2.24, 2.45) is 5.92 Å². The van der Waals surface area contributed by atoms with Crippen molar-refractivity contribution >= 4 is 17.6 Å². The SMILES string of the molecule is Cc1cc(N2CC(CC(=O)O)C2)n2ncnc2n1. The van der Waals surface area contributed by atoms with Gasteiger partial charge in [0.25, 0.3) is 5.78 Å². The van der Waals surface area contributed by atoms with Gasteiger partial charge in [-0.3, -0.25) is 4.79 Å². The quantitative estimate of drug-likeness (QED) is 0.842. The minimum Gasteiger partial charge on any atom is -0.481 e. The Balaban J connectivity index is 1.84. The largest absolute Gasteiger partial charge is 0.481 e. The predicted octanol–water partition coefficient (Wildman–Crippen LogP) is 0.344. The van der Waals surface area contributed by atoms with E-state index in [-0.39, 0.29) is 12.3 Å². The van der Waals surface area contributed by atoms with Crippen LogP contribution in [0.25, 0.3) is 5.78 Å². The molecule has 3 rings (SSSR count). The van der Waals surface area contributed by atoms with Crippen molar-refractivity contribution in [3.63, 3.8) is 0 Å². The number of aryl methyl sites for hydroxylation is 1. The van der Waals surface area contributed by atoms with Crippen LogP contribution >= 0.6 is 0 Å². The van der Waals surface area contributed by atoms with E-state index in [0.717, 1.165) is 24.6 Å². The average molecular weight is 247 g/mol. The number of fused-ring (bicyclic) bond motifs is 1. The summed E-state index contributed by atoms with van der Waals surface area (Å²) in [4.78, 5) is 21.1. The number of carboxylic acid groups (broad SMARTS) is 1. The van der Waals surface area contributed by atoms with E-state index >= 15 is 0 Å². The number of hydrogen-bond donors (Lipinski definition) is 1. The molecule has 1 aliphatic heterocycles. The Morgan fingerprint density at radius 1 is 1.56 bits per heavy atom.